The first-order valence-electron chi connectivity index (χ1n) is 8.80. The molecule has 0 saturated heterocycles. The second-order valence-electron chi connectivity index (χ2n) is 7.46. The number of hydrogen-bond donors (Lipinski definition) is 1. The van der Waals surface area contributed by atoms with Crippen LogP contribution in [0.2, 0.25) is 0 Å². The number of methoxy groups -OCH3 is 1. The molecule has 0 heterocycles. The van der Waals surface area contributed by atoms with Crippen molar-refractivity contribution < 1.29 is 14.3 Å². The van der Waals surface area contributed by atoms with Crippen LogP contribution in [-0.2, 0) is 32.6 Å². The second-order valence-corrected chi connectivity index (χ2v) is 7.46. The maximum atomic E-state index is 12.3. The zero-order valence-electron chi connectivity index (χ0n) is 15.9. The summed E-state index contributed by atoms with van der Waals surface area (Å²) < 4.78 is 4.86. The van der Waals surface area contributed by atoms with Gasteiger partial charge >= 0.3 is 5.97 Å². The molecule has 4 heteroatoms. The summed E-state index contributed by atoms with van der Waals surface area (Å²) in [6.45, 7) is 6.47. The lowest BCUT2D eigenvalue weighted by molar-refractivity contribution is -0.145. The first-order valence-corrected chi connectivity index (χ1v) is 8.80. The van der Waals surface area contributed by atoms with E-state index in [4.69, 9.17) is 4.74 Å². The largest absolute Gasteiger partial charge is 0.467 e. The Morgan fingerprint density at radius 2 is 1.58 bits per heavy atom. The van der Waals surface area contributed by atoms with Gasteiger partial charge in [-0.05, 0) is 22.1 Å². The van der Waals surface area contributed by atoms with E-state index in [0.29, 0.717) is 6.42 Å². The van der Waals surface area contributed by atoms with Gasteiger partial charge in [0, 0.05) is 6.42 Å². The number of benzene rings is 2. The number of ether oxygens (including phenoxy) is 1. The topological polar surface area (TPSA) is 55.4 Å². The lowest BCUT2D eigenvalue weighted by atomic mass is 9.86. The van der Waals surface area contributed by atoms with Crippen LogP contribution in [0.5, 0.6) is 0 Å². The molecule has 0 aliphatic rings. The molecular weight excluding hydrogens is 326 g/mol. The summed E-state index contributed by atoms with van der Waals surface area (Å²) in [7, 11) is 1.33. The van der Waals surface area contributed by atoms with E-state index in [1.54, 1.807) is 0 Å². The van der Waals surface area contributed by atoms with Crippen LogP contribution < -0.4 is 5.32 Å². The Morgan fingerprint density at radius 1 is 0.962 bits per heavy atom. The lowest BCUT2D eigenvalue weighted by Gasteiger charge is -2.20. The van der Waals surface area contributed by atoms with Crippen molar-refractivity contribution in [2.24, 2.45) is 0 Å². The number of esters is 1. The van der Waals surface area contributed by atoms with E-state index in [2.05, 4.69) is 38.2 Å². The van der Waals surface area contributed by atoms with E-state index in [9.17, 15) is 9.59 Å². The van der Waals surface area contributed by atoms with Crippen LogP contribution in [-0.4, -0.2) is 25.0 Å². The summed E-state index contributed by atoms with van der Waals surface area (Å²) in [5.74, 6) is -0.635. The maximum Gasteiger partial charge on any atom is 0.328 e. The van der Waals surface area contributed by atoms with Crippen molar-refractivity contribution in [1.29, 1.82) is 0 Å². The number of carbonyl (C=O) groups is 2. The molecule has 0 aromatic heterocycles. The van der Waals surface area contributed by atoms with Crippen LogP contribution in [0.1, 0.15) is 37.5 Å². The molecule has 1 atom stereocenters. The number of rotatable bonds is 6. The van der Waals surface area contributed by atoms with E-state index >= 15 is 0 Å². The molecule has 26 heavy (non-hydrogen) atoms. The van der Waals surface area contributed by atoms with Crippen LogP contribution in [0.25, 0.3) is 0 Å². The molecule has 2 rings (SSSR count). The molecule has 1 amide bonds. The van der Waals surface area contributed by atoms with Gasteiger partial charge in [-0.1, -0.05) is 75.4 Å². The molecule has 0 aliphatic heterocycles. The molecule has 2 aromatic carbocycles. The van der Waals surface area contributed by atoms with Gasteiger partial charge in [0.05, 0.1) is 13.5 Å². The van der Waals surface area contributed by atoms with Crippen molar-refractivity contribution in [2.75, 3.05) is 7.11 Å². The zero-order valence-corrected chi connectivity index (χ0v) is 15.9. The Kier molecular flexibility index (Phi) is 6.56. The number of carbonyl (C=O) groups excluding carboxylic acids is 2. The number of nitrogens with one attached hydrogen (secondary N) is 1. The fourth-order valence-corrected chi connectivity index (χ4v) is 2.74. The number of hydrogen-bond acceptors (Lipinski definition) is 3. The third-order valence-corrected chi connectivity index (χ3v) is 4.29. The summed E-state index contributed by atoms with van der Waals surface area (Å²) in [6, 6.07) is 16.9. The van der Waals surface area contributed by atoms with E-state index in [1.165, 1.54) is 12.7 Å². The molecule has 138 valence electrons. The average Bonchev–Trinajstić information content (AvgIpc) is 2.61. The minimum Gasteiger partial charge on any atom is -0.467 e. The number of amides is 1. The van der Waals surface area contributed by atoms with E-state index in [1.807, 2.05) is 42.5 Å². The van der Waals surface area contributed by atoms with Crippen molar-refractivity contribution >= 4 is 11.9 Å². The van der Waals surface area contributed by atoms with Crippen LogP contribution in [0.4, 0.5) is 0 Å². The fourth-order valence-electron chi connectivity index (χ4n) is 2.74. The molecule has 0 radical (unpaired) electrons. The molecular formula is C22H27NO3. The van der Waals surface area contributed by atoms with Crippen LogP contribution in [0.15, 0.2) is 54.6 Å². The van der Waals surface area contributed by atoms with Gasteiger partial charge in [0.1, 0.15) is 6.04 Å². The van der Waals surface area contributed by atoms with Gasteiger partial charge in [0.25, 0.3) is 0 Å². The predicted molar refractivity (Wildman–Crippen MR) is 103 cm³/mol. The molecule has 2 aromatic rings. The molecule has 4 nitrogen and oxygen atoms in total. The van der Waals surface area contributed by atoms with Gasteiger partial charge in [0.2, 0.25) is 5.91 Å². The van der Waals surface area contributed by atoms with Gasteiger partial charge in [0.15, 0.2) is 0 Å². The lowest BCUT2D eigenvalue weighted by Crippen LogP contribution is -2.43. The predicted octanol–water partition coefficient (Wildman–Crippen LogP) is 3.43. The van der Waals surface area contributed by atoms with Crippen LogP contribution in [0.3, 0.4) is 0 Å². The summed E-state index contributed by atoms with van der Waals surface area (Å²) >= 11 is 0. The summed E-state index contributed by atoms with van der Waals surface area (Å²) in [4.78, 5) is 24.4. The first-order chi connectivity index (χ1) is 12.3. The van der Waals surface area contributed by atoms with Crippen molar-refractivity contribution in [1.82, 2.24) is 5.32 Å². The molecule has 0 saturated carbocycles. The first kappa shape index (κ1) is 19.7. The minimum absolute atomic E-state index is 0.0736. The summed E-state index contributed by atoms with van der Waals surface area (Å²) in [5, 5.41) is 2.80. The van der Waals surface area contributed by atoms with Gasteiger partial charge < -0.3 is 10.1 Å². The Balaban J connectivity index is 2.05. The molecule has 0 bridgehead atoms. The minimum atomic E-state index is -0.698. The maximum absolute atomic E-state index is 12.3. The smallest absolute Gasteiger partial charge is 0.328 e. The highest BCUT2D eigenvalue weighted by Crippen LogP contribution is 2.22. The van der Waals surface area contributed by atoms with E-state index in [-0.39, 0.29) is 17.7 Å². The standard InChI is InChI=1S/C22H27NO3/c1-22(2,3)18-12-10-17(11-13-18)14-19(21(25)26-4)23-20(24)15-16-8-6-5-7-9-16/h5-13,19H,14-15H2,1-4H3,(H,23,24)/t19-/m1/s1. The SMILES string of the molecule is COC(=O)[C@@H](Cc1ccc(C(C)(C)C)cc1)NC(=O)Cc1ccccc1. The second kappa shape index (κ2) is 8.65. The zero-order chi connectivity index (χ0) is 19.2. The highest BCUT2D eigenvalue weighted by Gasteiger charge is 2.22. The molecule has 0 aliphatic carbocycles. The quantitative estimate of drug-likeness (QED) is 0.810. The third kappa shape index (κ3) is 5.73. The highest BCUT2D eigenvalue weighted by molar-refractivity contribution is 5.85. The van der Waals surface area contributed by atoms with Crippen molar-refractivity contribution in [3.63, 3.8) is 0 Å². The molecule has 1 N–H and O–H groups in total. The Hall–Kier alpha value is -2.62. The van der Waals surface area contributed by atoms with Crippen LogP contribution in [0, 0.1) is 0 Å². The average molecular weight is 353 g/mol. The normalized spacial score (nSPS) is 12.3. The monoisotopic (exact) mass is 353 g/mol. The highest BCUT2D eigenvalue weighted by atomic mass is 16.5. The molecule has 0 spiro atoms. The van der Waals surface area contributed by atoms with Gasteiger partial charge in [-0.2, -0.15) is 0 Å². The Bertz CT molecular complexity index is 730. The van der Waals surface area contributed by atoms with E-state index < -0.39 is 12.0 Å². The van der Waals surface area contributed by atoms with Crippen LogP contribution >= 0.6 is 0 Å². The van der Waals surface area contributed by atoms with Crippen molar-refractivity contribution in [3.8, 4) is 0 Å². The van der Waals surface area contributed by atoms with Crippen molar-refractivity contribution in [3.05, 3.63) is 71.3 Å². The van der Waals surface area contributed by atoms with Gasteiger partial charge in [-0.15, -0.1) is 0 Å². The molecule has 0 fully saturated rings. The Morgan fingerprint density at radius 3 is 2.12 bits per heavy atom. The fraction of sp³-hybridized carbons (Fsp3) is 0.364. The van der Waals surface area contributed by atoms with E-state index in [0.717, 1.165) is 11.1 Å². The van der Waals surface area contributed by atoms with Gasteiger partial charge in [-0.25, -0.2) is 4.79 Å². The Labute approximate surface area is 155 Å². The van der Waals surface area contributed by atoms with Crippen molar-refractivity contribution in [2.45, 2.75) is 45.1 Å². The molecule has 0 unspecified atom stereocenters. The summed E-state index contributed by atoms with van der Waals surface area (Å²) in [6.07, 6.45) is 0.634. The van der Waals surface area contributed by atoms with Gasteiger partial charge in [-0.3, -0.25) is 4.79 Å². The summed E-state index contributed by atoms with van der Waals surface area (Å²) in [5.41, 5.74) is 3.19. The third-order valence-electron chi connectivity index (χ3n) is 4.29.